The Balaban J connectivity index is 1.56. The minimum absolute atomic E-state index is 0.0730. The molecular weight excluding hydrogens is 348 g/mol. The zero-order valence-electron chi connectivity index (χ0n) is 13.6. The van der Waals surface area contributed by atoms with Crippen molar-refractivity contribution in [2.24, 2.45) is 0 Å². The van der Waals surface area contributed by atoms with E-state index in [4.69, 9.17) is 0 Å². The van der Waals surface area contributed by atoms with Crippen molar-refractivity contribution in [1.82, 2.24) is 10.3 Å². The van der Waals surface area contributed by atoms with Crippen LogP contribution in [0.3, 0.4) is 0 Å². The second kappa shape index (κ2) is 7.25. The third-order valence-corrected chi connectivity index (χ3v) is 6.16. The minimum atomic E-state index is 0.0730. The van der Waals surface area contributed by atoms with Crippen molar-refractivity contribution < 1.29 is 4.79 Å². The van der Waals surface area contributed by atoms with E-state index in [0.717, 1.165) is 10.4 Å². The van der Waals surface area contributed by atoms with Gasteiger partial charge in [-0.05, 0) is 34.5 Å². The summed E-state index contributed by atoms with van der Waals surface area (Å²) in [6, 6.07) is 16.5. The lowest BCUT2D eigenvalue weighted by Gasteiger charge is -2.16. The van der Waals surface area contributed by atoms with Crippen molar-refractivity contribution in [2.45, 2.75) is 12.3 Å². The second-order valence-corrected chi connectivity index (χ2v) is 7.93. The molecule has 1 atom stereocenters. The summed E-state index contributed by atoms with van der Waals surface area (Å²) in [4.78, 5) is 18.0. The number of benzene rings is 1. The number of amides is 1. The quantitative estimate of drug-likeness (QED) is 0.507. The van der Waals surface area contributed by atoms with Gasteiger partial charge in [0.1, 0.15) is 0 Å². The van der Waals surface area contributed by atoms with Crippen LogP contribution in [0.2, 0.25) is 0 Å². The molecule has 25 heavy (non-hydrogen) atoms. The van der Waals surface area contributed by atoms with Gasteiger partial charge in [0, 0.05) is 39.3 Å². The summed E-state index contributed by atoms with van der Waals surface area (Å²) in [5.74, 6) is 0.229. The molecule has 0 fully saturated rings. The van der Waals surface area contributed by atoms with Crippen LogP contribution in [0.1, 0.15) is 21.2 Å². The summed E-state index contributed by atoms with van der Waals surface area (Å²) >= 11 is 3.35. The van der Waals surface area contributed by atoms with Gasteiger partial charge in [0.2, 0.25) is 5.91 Å². The van der Waals surface area contributed by atoms with Crippen molar-refractivity contribution >= 4 is 39.5 Å². The lowest BCUT2D eigenvalue weighted by atomic mass is 9.96. The molecule has 2 N–H and O–H groups in total. The molecule has 4 rings (SSSR count). The largest absolute Gasteiger partial charge is 0.361 e. The number of hydrogen-bond donors (Lipinski definition) is 2. The number of aromatic nitrogens is 1. The van der Waals surface area contributed by atoms with E-state index in [1.165, 1.54) is 15.8 Å². The predicted molar refractivity (Wildman–Crippen MR) is 105 cm³/mol. The lowest BCUT2D eigenvalue weighted by Crippen LogP contribution is -2.29. The van der Waals surface area contributed by atoms with Crippen molar-refractivity contribution in [3.8, 4) is 0 Å². The molecule has 5 heteroatoms. The average Bonchev–Trinajstić information content (AvgIpc) is 3.37. The van der Waals surface area contributed by atoms with Gasteiger partial charge < -0.3 is 10.3 Å². The van der Waals surface area contributed by atoms with Gasteiger partial charge in [-0.3, -0.25) is 4.79 Å². The van der Waals surface area contributed by atoms with Crippen molar-refractivity contribution in [2.75, 3.05) is 6.54 Å². The number of nitrogens with one attached hydrogen (secondary N) is 2. The molecule has 4 aromatic rings. The van der Waals surface area contributed by atoms with Gasteiger partial charge in [-0.15, -0.1) is 22.7 Å². The molecule has 0 aliphatic rings. The Bertz CT molecular complexity index is 955. The fraction of sp³-hybridized carbons (Fsp3) is 0.150. The van der Waals surface area contributed by atoms with Crippen molar-refractivity contribution in [3.05, 3.63) is 80.8 Å². The zero-order chi connectivity index (χ0) is 17.1. The first-order valence-electron chi connectivity index (χ1n) is 8.20. The molecule has 1 amide bonds. The maximum absolute atomic E-state index is 12.3. The van der Waals surface area contributed by atoms with Gasteiger partial charge in [0.15, 0.2) is 0 Å². The van der Waals surface area contributed by atoms with Crippen LogP contribution >= 0.6 is 22.7 Å². The number of H-pyrrole nitrogens is 1. The normalized spacial score (nSPS) is 12.3. The third kappa shape index (κ3) is 3.52. The number of thiophene rings is 2. The summed E-state index contributed by atoms with van der Waals surface area (Å²) < 4.78 is 0. The number of rotatable bonds is 6. The van der Waals surface area contributed by atoms with Gasteiger partial charge in [-0.25, -0.2) is 0 Å². The van der Waals surface area contributed by atoms with Gasteiger partial charge in [-0.1, -0.05) is 30.3 Å². The van der Waals surface area contributed by atoms with Gasteiger partial charge in [0.25, 0.3) is 0 Å². The molecule has 0 saturated heterocycles. The summed E-state index contributed by atoms with van der Waals surface area (Å²) in [7, 11) is 0. The third-order valence-electron chi connectivity index (χ3n) is 4.30. The molecule has 0 bridgehead atoms. The molecule has 0 spiro atoms. The van der Waals surface area contributed by atoms with Gasteiger partial charge in [0.05, 0.1) is 6.42 Å². The lowest BCUT2D eigenvalue weighted by molar-refractivity contribution is -0.120. The smallest absolute Gasteiger partial charge is 0.225 e. The number of para-hydroxylation sites is 1. The number of carbonyl (C=O) groups is 1. The Hall–Kier alpha value is -2.37. The molecule has 0 saturated carbocycles. The number of hydrogen-bond acceptors (Lipinski definition) is 3. The molecule has 126 valence electrons. The molecule has 0 aliphatic heterocycles. The van der Waals surface area contributed by atoms with Crippen LogP contribution < -0.4 is 5.32 Å². The van der Waals surface area contributed by atoms with Crippen LogP contribution in [0.5, 0.6) is 0 Å². The highest BCUT2D eigenvalue weighted by Crippen LogP contribution is 2.32. The summed E-state index contributed by atoms with van der Waals surface area (Å²) in [5.41, 5.74) is 2.36. The maximum atomic E-state index is 12.3. The fourth-order valence-electron chi connectivity index (χ4n) is 3.09. The van der Waals surface area contributed by atoms with Gasteiger partial charge in [-0.2, -0.15) is 0 Å². The maximum Gasteiger partial charge on any atom is 0.225 e. The summed E-state index contributed by atoms with van der Waals surface area (Å²) in [5, 5.41) is 8.43. The highest BCUT2D eigenvalue weighted by molar-refractivity contribution is 7.10. The molecule has 3 nitrogen and oxygen atoms in total. The van der Waals surface area contributed by atoms with Crippen LogP contribution in [0.4, 0.5) is 0 Å². The van der Waals surface area contributed by atoms with E-state index in [0.29, 0.717) is 13.0 Å². The minimum Gasteiger partial charge on any atom is -0.361 e. The van der Waals surface area contributed by atoms with Crippen LogP contribution in [-0.2, 0) is 11.2 Å². The van der Waals surface area contributed by atoms with Crippen molar-refractivity contribution in [1.29, 1.82) is 0 Å². The van der Waals surface area contributed by atoms with E-state index in [2.05, 4.69) is 52.2 Å². The highest BCUT2D eigenvalue weighted by atomic mass is 32.1. The SMILES string of the molecule is O=C(Cc1cccs1)NC[C@H](c1cccs1)c1c[nH]c2ccccc12. The van der Waals surface area contributed by atoms with Crippen LogP contribution in [0.15, 0.2) is 65.5 Å². The highest BCUT2D eigenvalue weighted by Gasteiger charge is 2.20. The molecule has 0 radical (unpaired) electrons. The van der Waals surface area contributed by atoms with Crippen molar-refractivity contribution in [3.63, 3.8) is 0 Å². The van der Waals surface area contributed by atoms with E-state index >= 15 is 0 Å². The summed E-state index contributed by atoms with van der Waals surface area (Å²) in [6.45, 7) is 0.604. The first-order chi connectivity index (χ1) is 12.3. The Morgan fingerprint density at radius 2 is 1.88 bits per heavy atom. The van der Waals surface area contributed by atoms with Crippen LogP contribution in [0, 0.1) is 0 Å². The molecule has 0 unspecified atom stereocenters. The topological polar surface area (TPSA) is 44.9 Å². The van der Waals surface area contributed by atoms with Crippen LogP contribution in [-0.4, -0.2) is 17.4 Å². The van der Waals surface area contributed by atoms with E-state index in [1.54, 1.807) is 22.7 Å². The first kappa shape index (κ1) is 16.1. The number of aromatic amines is 1. The Kier molecular flexibility index (Phi) is 4.68. The predicted octanol–water partition coefficient (Wildman–Crippen LogP) is 4.78. The molecule has 1 aromatic carbocycles. The molecular formula is C20H18N2OS2. The number of carbonyl (C=O) groups excluding carboxylic acids is 1. The van der Waals surface area contributed by atoms with E-state index < -0.39 is 0 Å². The Morgan fingerprint density at radius 3 is 2.68 bits per heavy atom. The van der Waals surface area contributed by atoms with E-state index in [1.807, 2.05) is 23.6 Å². The number of fused-ring (bicyclic) bond motifs is 1. The van der Waals surface area contributed by atoms with E-state index in [9.17, 15) is 4.79 Å². The molecule has 3 heterocycles. The second-order valence-electron chi connectivity index (χ2n) is 5.92. The Morgan fingerprint density at radius 1 is 1.04 bits per heavy atom. The zero-order valence-corrected chi connectivity index (χ0v) is 15.2. The van der Waals surface area contributed by atoms with Gasteiger partial charge >= 0.3 is 0 Å². The fourth-order valence-corrected chi connectivity index (χ4v) is 4.63. The Labute approximate surface area is 154 Å². The molecule has 0 aliphatic carbocycles. The van der Waals surface area contributed by atoms with E-state index in [-0.39, 0.29) is 11.8 Å². The summed E-state index contributed by atoms with van der Waals surface area (Å²) in [6.07, 6.45) is 2.52. The molecule has 3 aromatic heterocycles. The first-order valence-corrected chi connectivity index (χ1v) is 9.95. The average molecular weight is 367 g/mol. The monoisotopic (exact) mass is 366 g/mol. The standard InChI is InChI=1S/C20H18N2OS2/c23-20(11-14-5-3-9-24-14)22-13-17(19-8-4-10-25-19)16-12-21-18-7-2-1-6-15(16)18/h1-10,12,17,21H,11,13H2,(H,22,23)/t17-/m0/s1. The van der Waals surface area contributed by atoms with Crippen LogP contribution in [0.25, 0.3) is 10.9 Å².